The lowest BCUT2D eigenvalue weighted by Gasteiger charge is -2.42. The summed E-state index contributed by atoms with van der Waals surface area (Å²) in [5.74, 6) is -0.619. The van der Waals surface area contributed by atoms with Crippen LogP contribution in [0.1, 0.15) is 73.6 Å². The van der Waals surface area contributed by atoms with Crippen molar-refractivity contribution in [1.29, 1.82) is 0 Å². The molecule has 53 heavy (non-hydrogen) atoms. The number of rotatable bonds is 9. The van der Waals surface area contributed by atoms with E-state index in [2.05, 4.69) is 31.1 Å². The lowest BCUT2D eigenvalue weighted by molar-refractivity contribution is -0.132. The van der Waals surface area contributed by atoms with Gasteiger partial charge in [-0.2, -0.15) is 15.0 Å². The van der Waals surface area contributed by atoms with Gasteiger partial charge in [0.05, 0.1) is 25.3 Å². The molecular formula is C35H51N9O9. The number of benzene rings is 1. The van der Waals surface area contributed by atoms with Gasteiger partial charge in [-0.3, -0.25) is 10.1 Å². The summed E-state index contributed by atoms with van der Waals surface area (Å²) >= 11 is 0. The Bertz CT molecular complexity index is 1650. The number of β-lactam (4-membered cyclic amide) rings is 1. The van der Waals surface area contributed by atoms with E-state index < -0.39 is 53.3 Å². The van der Waals surface area contributed by atoms with Gasteiger partial charge in [0.2, 0.25) is 11.9 Å². The third-order valence-electron chi connectivity index (χ3n) is 7.39. The Morgan fingerprint density at radius 2 is 1.57 bits per heavy atom. The van der Waals surface area contributed by atoms with Crippen molar-refractivity contribution in [1.82, 2.24) is 40.7 Å². The molecule has 2 saturated heterocycles. The average Bonchev–Trinajstić information content (AvgIpc) is 3.43. The van der Waals surface area contributed by atoms with E-state index in [1.54, 1.807) is 72.1 Å². The summed E-state index contributed by atoms with van der Waals surface area (Å²) in [6, 6.07) is 7.77. The third kappa shape index (κ3) is 13.3. The number of aliphatic imine (C=N–C) groups is 1. The molecule has 0 spiro atoms. The number of hydrogen-bond donors (Lipinski definition) is 3. The molecule has 0 unspecified atom stereocenters. The molecule has 5 amide bonds. The summed E-state index contributed by atoms with van der Waals surface area (Å²) in [6.45, 7) is 16.7. The fourth-order valence-electron chi connectivity index (χ4n) is 5.16. The lowest BCUT2D eigenvalue weighted by Crippen LogP contribution is -2.70. The number of aromatic nitrogens is 3. The predicted molar refractivity (Wildman–Crippen MR) is 190 cm³/mol. The highest BCUT2D eigenvalue weighted by atomic mass is 16.6. The predicted octanol–water partition coefficient (Wildman–Crippen LogP) is 3.56. The Hall–Kier alpha value is -5.42. The molecule has 2 aromatic rings. The monoisotopic (exact) mass is 741 g/mol. The Morgan fingerprint density at radius 1 is 0.925 bits per heavy atom. The molecule has 2 aliphatic rings. The highest BCUT2D eigenvalue weighted by Crippen LogP contribution is 2.22. The number of carbonyl (C=O) groups excluding carboxylic acids is 5. The van der Waals surface area contributed by atoms with E-state index in [0.717, 1.165) is 5.56 Å². The van der Waals surface area contributed by atoms with E-state index in [-0.39, 0.29) is 44.0 Å². The average molecular weight is 742 g/mol. The van der Waals surface area contributed by atoms with Crippen molar-refractivity contribution in [3.05, 3.63) is 47.8 Å². The lowest BCUT2D eigenvalue weighted by atomic mass is 9.99. The molecule has 18 heteroatoms. The van der Waals surface area contributed by atoms with Crippen molar-refractivity contribution in [2.24, 2.45) is 10.9 Å². The van der Waals surface area contributed by atoms with Crippen molar-refractivity contribution in [2.45, 2.75) is 111 Å². The maximum atomic E-state index is 13.0. The minimum atomic E-state index is -0.942. The zero-order chi connectivity index (χ0) is 39.1. The van der Waals surface area contributed by atoms with Crippen molar-refractivity contribution < 1.29 is 42.9 Å². The van der Waals surface area contributed by atoms with Gasteiger partial charge in [-0.25, -0.2) is 19.2 Å². The minimum absolute atomic E-state index is 0.0187. The number of alkyl carbamates (subject to hydrolysis) is 2. The zero-order valence-electron chi connectivity index (χ0n) is 31.8. The molecule has 4 rings (SSSR count). The fourth-order valence-corrected chi connectivity index (χ4v) is 5.16. The second kappa shape index (κ2) is 16.5. The molecule has 2 atom stereocenters. The minimum Gasteiger partial charge on any atom is -0.445 e. The third-order valence-corrected chi connectivity index (χ3v) is 7.39. The number of amides is 5. The quantitative estimate of drug-likeness (QED) is 0.146. The number of carbonyl (C=O) groups is 5. The van der Waals surface area contributed by atoms with Gasteiger partial charge in [0.25, 0.3) is 0 Å². The molecule has 3 heterocycles. The number of guanidine groups is 1. The molecule has 18 nitrogen and oxygen atoms in total. The maximum Gasteiger partial charge on any atom is 0.437 e. The van der Waals surface area contributed by atoms with Crippen molar-refractivity contribution >= 4 is 36.2 Å². The Morgan fingerprint density at radius 3 is 2.17 bits per heavy atom. The van der Waals surface area contributed by atoms with Crippen LogP contribution in [0, 0.1) is 5.92 Å². The Balaban J connectivity index is 1.48. The highest BCUT2D eigenvalue weighted by Gasteiger charge is 2.41. The highest BCUT2D eigenvalue weighted by molar-refractivity contribution is 5.99. The molecule has 0 aliphatic carbocycles. The van der Waals surface area contributed by atoms with Crippen LogP contribution in [0.5, 0.6) is 0 Å². The SMILES string of the molecule is CC(C)(C)OC(=O)N=C(NC(=O)OC(C)(C)C)N(Cc1cnn(C[C@H]2NC(=O)[C@H]2NC(=O)OCc2ccccc2)n1)CC1CN(C(=O)OC(C)(C)C)C1. The van der Waals surface area contributed by atoms with Crippen LogP contribution in [0.15, 0.2) is 41.5 Å². The molecule has 290 valence electrons. The van der Waals surface area contributed by atoms with E-state index in [1.807, 2.05) is 30.3 Å². The molecule has 2 fully saturated rings. The standard InChI is InChI=1S/C35H51N9O9/c1-33(2,3)51-30(47)39-28(40-31(48)52-34(4,5)6)42(16-23-17-43(18-23)32(49)53-35(7,8)9)19-24-15-36-44(41-24)20-25-26(27(45)37-25)38-29(46)50-21-22-13-11-10-12-14-22/h10-15,23,25-26H,16-21H2,1-9H3,(H,37,45)(H,38,46)(H,39,40,47,48)/t25-,26+/m1/s1. The van der Waals surface area contributed by atoms with Gasteiger partial charge in [-0.15, -0.1) is 4.99 Å². The summed E-state index contributed by atoms with van der Waals surface area (Å²) in [4.78, 5) is 71.9. The number of hydrogen-bond acceptors (Lipinski definition) is 11. The van der Waals surface area contributed by atoms with Gasteiger partial charge in [0.1, 0.15) is 35.1 Å². The number of ether oxygens (including phenoxy) is 4. The Kier molecular flexibility index (Phi) is 12.6. The first-order valence-corrected chi connectivity index (χ1v) is 17.3. The maximum absolute atomic E-state index is 13.0. The molecule has 0 bridgehead atoms. The van der Waals surface area contributed by atoms with E-state index >= 15 is 0 Å². The molecule has 2 aliphatic heterocycles. The van der Waals surface area contributed by atoms with Gasteiger partial charge in [-0.05, 0) is 67.9 Å². The van der Waals surface area contributed by atoms with Crippen LogP contribution in [0.3, 0.4) is 0 Å². The molecule has 0 saturated carbocycles. The summed E-state index contributed by atoms with van der Waals surface area (Å²) in [5, 5.41) is 16.8. The van der Waals surface area contributed by atoms with Crippen LogP contribution in [0.2, 0.25) is 0 Å². The van der Waals surface area contributed by atoms with Gasteiger partial charge in [-0.1, -0.05) is 30.3 Å². The van der Waals surface area contributed by atoms with E-state index in [1.165, 1.54) is 11.0 Å². The number of nitrogens with zero attached hydrogens (tertiary/aromatic N) is 6. The summed E-state index contributed by atoms with van der Waals surface area (Å²) < 4.78 is 21.6. The topological polar surface area (TPSA) is 208 Å². The van der Waals surface area contributed by atoms with E-state index in [0.29, 0.717) is 18.8 Å². The van der Waals surface area contributed by atoms with Crippen LogP contribution in [0.4, 0.5) is 19.2 Å². The summed E-state index contributed by atoms with van der Waals surface area (Å²) in [7, 11) is 0. The molecule has 1 aromatic heterocycles. The van der Waals surface area contributed by atoms with Gasteiger partial charge >= 0.3 is 24.4 Å². The van der Waals surface area contributed by atoms with Crippen LogP contribution in [-0.2, 0) is 43.4 Å². The first-order valence-electron chi connectivity index (χ1n) is 17.3. The number of likely N-dealkylation sites (tertiary alicyclic amines) is 1. The van der Waals surface area contributed by atoms with Crippen molar-refractivity contribution in [3.63, 3.8) is 0 Å². The van der Waals surface area contributed by atoms with Crippen LogP contribution >= 0.6 is 0 Å². The van der Waals surface area contributed by atoms with Crippen molar-refractivity contribution in [2.75, 3.05) is 19.6 Å². The van der Waals surface area contributed by atoms with Crippen LogP contribution in [-0.4, -0.2) is 110 Å². The largest absolute Gasteiger partial charge is 0.445 e. The summed E-state index contributed by atoms with van der Waals surface area (Å²) in [5.41, 5.74) is -1.14. The molecule has 0 radical (unpaired) electrons. The Labute approximate surface area is 308 Å². The van der Waals surface area contributed by atoms with Crippen molar-refractivity contribution in [3.8, 4) is 0 Å². The first-order chi connectivity index (χ1) is 24.6. The molecule has 3 N–H and O–H groups in total. The van der Waals surface area contributed by atoms with Gasteiger partial charge in [0, 0.05) is 25.6 Å². The van der Waals surface area contributed by atoms with E-state index in [4.69, 9.17) is 18.9 Å². The second-order valence-corrected chi connectivity index (χ2v) is 15.9. The molecule has 1 aromatic carbocycles. The van der Waals surface area contributed by atoms with Gasteiger partial charge < -0.3 is 39.4 Å². The smallest absolute Gasteiger partial charge is 0.437 e. The zero-order valence-corrected chi connectivity index (χ0v) is 31.8. The first kappa shape index (κ1) is 40.4. The van der Waals surface area contributed by atoms with Crippen LogP contribution in [0.25, 0.3) is 0 Å². The molecular weight excluding hydrogens is 690 g/mol. The normalized spacial score (nSPS) is 17.8. The van der Waals surface area contributed by atoms with Crippen LogP contribution < -0.4 is 16.0 Å². The van der Waals surface area contributed by atoms with Gasteiger partial charge in [0.15, 0.2) is 0 Å². The number of nitrogens with one attached hydrogen (secondary N) is 3. The fraction of sp³-hybridized carbons (Fsp3) is 0.600. The van der Waals surface area contributed by atoms with E-state index in [9.17, 15) is 24.0 Å². The summed E-state index contributed by atoms with van der Waals surface area (Å²) in [6.07, 6.45) is -1.48. The second-order valence-electron chi connectivity index (χ2n) is 15.9.